The quantitative estimate of drug-likeness (QED) is 0.672. The van der Waals surface area contributed by atoms with Gasteiger partial charge < -0.3 is 15.3 Å². The van der Waals surface area contributed by atoms with Gasteiger partial charge in [0.25, 0.3) is 0 Å². The number of hydrogen-bond donors (Lipinski definition) is 3. The molecule has 1 heterocycles. The summed E-state index contributed by atoms with van der Waals surface area (Å²) in [6, 6.07) is 3.83. The van der Waals surface area contributed by atoms with Gasteiger partial charge in [0.15, 0.2) is 0 Å². The SMILES string of the molecule is Cc1c(NC(=O)N2CC(=O)NC(=O)C2)cccc1C(=O)O. The molecule has 3 N–H and O–H groups in total. The normalized spacial score (nSPS) is 14.6. The molecule has 0 aliphatic carbocycles. The van der Waals surface area contributed by atoms with Crippen LogP contribution < -0.4 is 10.6 Å². The van der Waals surface area contributed by atoms with Gasteiger partial charge in [0.05, 0.1) is 5.56 Å². The lowest BCUT2D eigenvalue weighted by Gasteiger charge is -2.26. The smallest absolute Gasteiger partial charge is 0.336 e. The lowest BCUT2D eigenvalue weighted by Crippen LogP contribution is -2.54. The van der Waals surface area contributed by atoms with Crippen LogP contribution >= 0.6 is 0 Å². The van der Waals surface area contributed by atoms with Crippen molar-refractivity contribution in [3.63, 3.8) is 0 Å². The van der Waals surface area contributed by atoms with E-state index in [0.717, 1.165) is 4.90 Å². The van der Waals surface area contributed by atoms with E-state index < -0.39 is 23.8 Å². The third-order valence-electron chi connectivity index (χ3n) is 3.04. The summed E-state index contributed by atoms with van der Waals surface area (Å²) >= 11 is 0. The van der Waals surface area contributed by atoms with E-state index in [2.05, 4.69) is 10.6 Å². The average molecular weight is 291 g/mol. The number of hydrogen-bond acceptors (Lipinski definition) is 4. The van der Waals surface area contributed by atoms with Crippen molar-refractivity contribution in [1.82, 2.24) is 10.2 Å². The molecule has 1 aliphatic heterocycles. The molecule has 1 saturated heterocycles. The Labute approximate surface area is 119 Å². The second-order valence-electron chi connectivity index (χ2n) is 4.54. The van der Waals surface area contributed by atoms with Crippen LogP contribution in [0.4, 0.5) is 10.5 Å². The molecule has 1 fully saturated rings. The molecule has 8 nitrogen and oxygen atoms in total. The lowest BCUT2D eigenvalue weighted by atomic mass is 10.1. The Balaban J connectivity index is 2.16. The van der Waals surface area contributed by atoms with Gasteiger partial charge in [0.2, 0.25) is 11.8 Å². The Kier molecular flexibility index (Phi) is 3.88. The maximum atomic E-state index is 12.0. The zero-order valence-electron chi connectivity index (χ0n) is 11.2. The zero-order valence-corrected chi connectivity index (χ0v) is 11.2. The van der Waals surface area contributed by atoms with Crippen LogP contribution in [0.5, 0.6) is 0 Å². The molecule has 21 heavy (non-hydrogen) atoms. The van der Waals surface area contributed by atoms with Gasteiger partial charge >= 0.3 is 12.0 Å². The molecule has 1 aliphatic rings. The Morgan fingerprint density at radius 3 is 2.43 bits per heavy atom. The maximum Gasteiger partial charge on any atom is 0.336 e. The number of amides is 4. The molecule has 0 spiro atoms. The fourth-order valence-corrected chi connectivity index (χ4v) is 1.98. The first-order chi connectivity index (χ1) is 9.88. The molecule has 0 unspecified atom stereocenters. The van der Waals surface area contributed by atoms with Gasteiger partial charge in [-0.25, -0.2) is 9.59 Å². The molecule has 0 saturated carbocycles. The molecule has 1 aromatic rings. The van der Waals surface area contributed by atoms with Gasteiger partial charge in [-0.1, -0.05) is 6.07 Å². The fourth-order valence-electron chi connectivity index (χ4n) is 1.98. The van der Waals surface area contributed by atoms with Gasteiger partial charge in [-0.3, -0.25) is 14.9 Å². The summed E-state index contributed by atoms with van der Waals surface area (Å²) in [4.78, 5) is 46.5. The first kappa shape index (κ1) is 14.5. The van der Waals surface area contributed by atoms with E-state index in [1.54, 1.807) is 13.0 Å². The van der Waals surface area contributed by atoms with E-state index in [1.165, 1.54) is 12.1 Å². The van der Waals surface area contributed by atoms with E-state index in [4.69, 9.17) is 5.11 Å². The van der Waals surface area contributed by atoms with Gasteiger partial charge in [-0.2, -0.15) is 0 Å². The summed E-state index contributed by atoms with van der Waals surface area (Å²) in [5, 5.41) is 13.6. The summed E-state index contributed by atoms with van der Waals surface area (Å²) < 4.78 is 0. The van der Waals surface area contributed by atoms with Crippen LogP contribution in [-0.4, -0.2) is 46.9 Å². The van der Waals surface area contributed by atoms with Crippen molar-refractivity contribution in [2.24, 2.45) is 0 Å². The minimum absolute atomic E-state index is 0.0697. The number of nitrogens with one attached hydrogen (secondary N) is 2. The molecular formula is C13H13N3O5. The third-order valence-corrected chi connectivity index (χ3v) is 3.04. The van der Waals surface area contributed by atoms with Crippen LogP contribution in [0.3, 0.4) is 0 Å². The molecule has 0 aromatic heterocycles. The number of urea groups is 1. The second-order valence-corrected chi connectivity index (χ2v) is 4.54. The van der Waals surface area contributed by atoms with Gasteiger partial charge in [0, 0.05) is 5.69 Å². The lowest BCUT2D eigenvalue weighted by molar-refractivity contribution is -0.134. The van der Waals surface area contributed by atoms with Gasteiger partial charge in [-0.15, -0.1) is 0 Å². The maximum absolute atomic E-state index is 12.0. The fraction of sp³-hybridized carbons (Fsp3) is 0.231. The molecular weight excluding hydrogens is 278 g/mol. The van der Waals surface area contributed by atoms with Crippen LogP contribution in [0.2, 0.25) is 0 Å². The molecule has 4 amide bonds. The number of carboxylic acid groups (broad SMARTS) is 1. The molecule has 110 valence electrons. The highest BCUT2D eigenvalue weighted by Gasteiger charge is 2.26. The summed E-state index contributed by atoms with van der Waals surface area (Å²) in [5.41, 5.74) is 0.782. The highest BCUT2D eigenvalue weighted by molar-refractivity contribution is 6.04. The number of nitrogens with zero attached hydrogens (tertiary/aromatic N) is 1. The minimum atomic E-state index is -1.10. The third kappa shape index (κ3) is 3.16. The van der Waals surface area contributed by atoms with E-state index in [-0.39, 0.29) is 18.7 Å². The molecule has 0 bridgehead atoms. The van der Waals surface area contributed by atoms with Crippen molar-refractivity contribution in [2.75, 3.05) is 18.4 Å². The molecule has 1 aromatic carbocycles. The van der Waals surface area contributed by atoms with Crippen molar-refractivity contribution in [3.05, 3.63) is 29.3 Å². The average Bonchev–Trinajstić information content (AvgIpc) is 2.39. The minimum Gasteiger partial charge on any atom is -0.478 e. The molecule has 0 atom stereocenters. The van der Waals surface area contributed by atoms with Crippen molar-refractivity contribution in [2.45, 2.75) is 6.92 Å². The van der Waals surface area contributed by atoms with Crippen molar-refractivity contribution < 1.29 is 24.3 Å². The number of rotatable bonds is 2. The number of imide groups is 1. The summed E-state index contributed by atoms with van der Waals surface area (Å²) in [6.07, 6.45) is 0. The number of aromatic carboxylic acids is 1. The van der Waals surface area contributed by atoms with E-state index in [1.807, 2.05) is 0 Å². The van der Waals surface area contributed by atoms with Crippen molar-refractivity contribution in [1.29, 1.82) is 0 Å². The molecule has 0 radical (unpaired) electrons. The van der Waals surface area contributed by atoms with Gasteiger partial charge in [-0.05, 0) is 24.6 Å². The number of carboxylic acids is 1. The van der Waals surface area contributed by atoms with Gasteiger partial charge in [0.1, 0.15) is 13.1 Å². The molecule has 2 rings (SSSR count). The Bertz CT molecular complexity index is 625. The highest BCUT2D eigenvalue weighted by atomic mass is 16.4. The van der Waals surface area contributed by atoms with E-state index in [0.29, 0.717) is 11.3 Å². The zero-order chi connectivity index (χ0) is 15.6. The first-order valence-electron chi connectivity index (χ1n) is 6.10. The number of anilines is 1. The Hall–Kier alpha value is -2.90. The topological polar surface area (TPSA) is 116 Å². The van der Waals surface area contributed by atoms with E-state index >= 15 is 0 Å². The van der Waals surface area contributed by atoms with Crippen LogP contribution in [0, 0.1) is 6.92 Å². The predicted molar refractivity (Wildman–Crippen MR) is 71.9 cm³/mol. The predicted octanol–water partition coefficient (Wildman–Crippen LogP) is 0.184. The van der Waals surface area contributed by atoms with Crippen molar-refractivity contribution in [3.8, 4) is 0 Å². The van der Waals surface area contributed by atoms with Crippen LogP contribution in [0.1, 0.15) is 15.9 Å². The Morgan fingerprint density at radius 2 is 1.86 bits per heavy atom. The number of carbonyl (C=O) groups excluding carboxylic acids is 3. The summed E-state index contributed by atoms with van der Waals surface area (Å²) in [5.74, 6) is -2.22. The molecule has 8 heteroatoms. The number of piperazine rings is 1. The standard InChI is InChI=1S/C13H13N3O5/c1-7-8(12(19)20)3-2-4-9(7)14-13(21)16-5-10(17)15-11(18)6-16/h2-4H,5-6H2,1H3,(H,14,21)(H,19,20)(H,15,17,18). The first-order valence-corrected chi connectivity index (χ1v) is 6.10. The van der Waals surface area contributed by atoms with Crippen molar-refractivity contribution >= 4 is 29.5 Å². The number of benzene rings is 1. The monoisotopic (exact) mass is 291 g/mol. The highest BCUT2D eigenvalue weighted by Crippen LogP contribution is 2.19. The van der Waals surface area contributed by atoms with E-state index in [9.17, 15) is 19.2 Å². The number of carbonyl (C=O) groups is 4. The second kappa shape index (κ2) is 5.61. The summed E-state index contributed by atoms with van der Waals surface area (Å²) in [6.45, 7) is 1.11. The van der Waals surface area contributed by atoms with Crippen LogP contribution in [-0.2, 0) is 9.59 Å². The summed E-state index contributed by atoms with van der Waals surface area (Å²) in [7, 11) is 0. The largest absolute Gasteiger partial charge is 0.478 e. The van der Waals surface area contributed by atoms with Crippen LogP contribution in [0.25, 0.3) is 0 Å². The Morgan fingerprint density at radius 1 is 1.24 bits per heavy atom. The van der Waals surface area contributed by atoms with Crippen LogP contribution in [0.15, 0.2) is 18.2 Å².